The van der Waals surface area contributed by atoms with Gasteiger partial charge in [0.1, 0.15) is 5.76 Å². The third-order valence-electron chi connectivity index (χ3n) is 4.23. The number of hydrogen-bond donors (Lipinski definition) is 1. The predicted octanol–water partition coefficient (Wildman–Crippen LogP) is 2.16. The lowest BCUT2D eigenvalue weighted by Gasteiger charge is -2.31. The van der Waals surface area contributed by atoms with E-state index in [1.807, 2.05) is 12.1 Å². The Bertz CT molecular complexity index is 404. The van der Waals surface area contributed by atoms with Gasteiger partial charge in [-0.25, -0.2) is 0 Å². The number of carbonyl (C=O) groups excluding carboxylic acids is 1. The number of amides is 1. The maximum absolute atomic E-state index is 11.9. The van der Waals surface area contributed by atoms with E-state index in [0.29, 0.717) is 18.9 Å². The first-order chi connectivity index (χ1) is 9.31. The van der Waals surface area contributed by atoms with Crippen LogP contribution >= 0.6 is 0 Å². The van der Waals surface area contributed by atoms with Crippen LogP contribution in [0.5, 0.6) is 0 Å². The number of furan rings is 1. The molecule has 1 N–H and O–H groups in total. The zero-order valence-corrected chi connectivity index (χ0v) is 11.3. The molecule has 1 aliphatic carbocycles. The minimum absolute atomic E-state index is 0.154. The van der Waals surface area contributed by atoms with Crippen LogP contribution in [-0.2, 0) is 11.3 Å². The van der Waals surface area contributed by atoms with Crippen molar-refractivity contribution in [3.63, 3.8) is 0 Å². The molecular formula is C15H22N2O2. The standard InChI is InChI=1S/C15H22N2O2/c18-15(16-11-14-2-1-9-19-14)10-12-5-7-17(8-6-12)13-3-4-13/h1-2,9,12-13H,3-8,10-11H2,(H,16,18). The smallest absolute Gasteiger partial charge is 0.220 e. The molecule has 0 aromatic carbocycles. The lowest BCUT2D eigenvalue weighted by atomic mass is 9.93. The van der Waals surface area contributed by atoms with Crippen LogP contribution in [0.15, 0.2) is 22.8 Å². The van der Waals surface area contributed by atoms with Crippen LogP contribution < -0.4 is 5.32 Å². The zero-order valence-electron chi connectivity index (χ0n) is 11.3. The van der Waals surface area contributed by atoms with Crippen LogP contribution in [0.1, 0.15) is 37.9 Å². The van der Waals surface area contributed by atoms with Gasteiger partial charge in [-0.1, -0.05) is 0 Å². The predicted molar refractivity (Wildman–Crippen MR) is 72.5 cm³/mol. The molecule has 1 aromatic rings. The second kappa shape index (κ2) is 5.78. The van der Waals surface area contributed by atoms with Crippen molar-refractivity contribution in [2.24, 2.45) is 5.92 Å². The number of nitrogens with one attached hydrogen (secondary N) is 1. The molecule has 0 spiro atoms. The first-order valence-corrected chi connectivity index (χ1v) is 7.34. The molecule has 1 saturated carbocycles. The Hall–Kier alpha value is -1.29. The topological polar surface area (TPSA) is 45.5 Å². The van der Waals surface area contributed by atoms with Crippen LogP contribution in [0.3, 0.4) is 0 Å². The SMILES string of the molecule is O=C(CC1CCN(C2CC2)CC1)NCc1ccco1. The monoisotopic (exact) mass is 262 g/mol. The van der Waals surface area contributed by atoms with Gasteiger partial charge in [-0.05, 0) is 56.8 Å². The van der Waals surface area contributed by atoms with Gasteiger partial charge in [0, 0.05) is 12.5 Å². The number of carbonyl (C=O) groups is 1. The number of hydrogen-bond acceptors (Lipinski definition) is 3. The van der Waals surface area contributed by atoms with E-state index in [1.165, 1.54) is 38.8 Å². The zero-order chi connectivity index (χ0) is 13.1. The van der Waals surface area contributed by atoms with Gasteiger partial charge in [-0.3, -0.25) is 4.79 Å². The molecule has 1 aromatic heterocycles. The van der Waals surface area contributed by atoms with E-state index < -0.39 is 0 Å². The molecule has 1 amide bonds. The maximum atomic E-state index is 11.9. The molecule has 104 valence electrons. The van der Waals surface area contributed by atoms with Crippen LogP contribution in [0, 0.1) is 5.92 Å². The van der Waals surface area contributed by atoms with Crippen molar-refractivity contribution >= 4 is 5.91 Å². The molecule has 4 nitrogen and oxygen atoms in total. The average Bonchev–Trinajstić information content (AvgIpc) is 3.14. The fraction of sp³-hybridized carbons (Fsp3) is 0.667. The molecule has 0 unspecified atom stereocenters. The Morgan fingerprint density at radius 2 is 2.11 bits per heavy atom. The van der Waals surface area contributed by atoms with Gasteiger partial charge < -0.3 is 14.6 Å². The summed E-state index contributed by atoms with van der Waals surface area (Å²) in [5.41, 5.74) is 0. The highest BCUT2D eigenvalue weighted by molar-refractivity contribution is 5.76. The van der Waals surface area contributed by atoms with Crippen molar-refractivity contribution in [1.29, 1.82) is 0 Å². The molecule has 0 bridgehead atoms. The lowest BCUT2D eigenvalue weighted by Crippen LogP contribution is -2.37. The highest BCUT2D eigenvalue weighted by atomic mass is 16.3. The molecule has 2 heterocycles. The van der Waals surface area contributed by atoms with Gasteiger partial charge in [0.25, 0.3) is 0 Å². The molecule has 1 saturated heterocycles. The van der Waals surface area contributed by atoms with Crippen LogP contribution in [-0.4, -0.2) is 29.9 Å². The van der Waals surface area contributed by atoms with Crippen molar-refractivity contribution in [1.82, 2.24) is 10.2 Å². The Labute approximate surface area is 114 Å². The molecule has 0 radical (unpaired) electrons. The Balaban J connectivity index is 1.35. The normalized spacial score (nSPS) is 21.5. The van der Waals surface area contributed by atoms with Crippen LogP contribution in [0.25, 0.3) is 0 Å². The van der Waals surface area contributed by atoms with E-state index in [1.54, 1.807) is 6.26 Å². The van der Waals surface area contributed by atoms with Crippen molar-refractivity contribution in [2.45, 2.75) is 44.7 Å². The minimum atomic E-state index is 0.154. The molecule has 19 heavy (non-hydrogen) atoms. The second-order valence-electron chi connectivity index (χ2n) is 5.77. The fourth-order valence-corrected chi connectivity index (χ4v) is 2.90. The van der Waals surface area contributed by atoms with E-state index in [-0.39, 0.29) is 5.91 Å². The summed E-state index contributed by atoms with van der Waals surface area (Å²) in [6.07, 6.45) is 7.41. The van der Waals surface area contributed by atoms with Crippen LogP contribution in [0.4, 0.5) is 0 Å². The number of likely N-dealkylation sites (tertiary alicyclic amines) is 1. The third kappa shape index (κ3) is 3.60. The maximum Gasteiger partial charge on any atom is 0.220 e. The summed E-state index contributed by atoms with van der Waals surface area (Å²) in [6, 6.07) is 4.59. The number of nitrogens with zero attached hydrogens (tertiary/aromatic N) is 1. The third-order valence-corrected chi connectivity index (χ3v) is 4.23. The Morgan fingerprint density at radius 1 is 1.32 bits per heavy atom. The highest BCUT2D eigenvalue weighted by Gasteiger charge is 2.32. The quantitative estimate of drug-likeness (QED) is 0.884. The van der Waals surface area contributed by atoms with Crippen molar-refractivity contribution < 1.29 is 9.21 Å². The summed E-state index contributed by atoms with van der Waals surface area (Å²) in [5, 5.41) is 2.93. The van der Waals surface area contributed by atoms with Gasteiger partial charge >= 0.3 is 0 Å². The first-order valence-electron chi connectivity index (χ1n) is 7.34. The summed E-state index contributed by atoms with van der Waals surface area (Å²) < 4.78 is 5.20. The average molecular weight is 262 g/mol. The summed E-state index contributed by atoms with van der Waals surface area (Å²) in [7, 11) is 0. The van der Waals surface area contributed by atoms with Gasteiger partial charge in [0.2, 0.25) is 5.91 Å². The van der Waals surface area contributed by atoms with Crippen molar-refractivity contribution in [3.8, 4) is 0 Å². The number of piperidine rings is 1. The Kier molecular flexibility index (Phi) is 3.87. The fourth-order valence-electron chi connectivity index (χ4n) is 2.90. The van der Waals surface area contributed by atoms with E-state index >= 15 is 0 Å². The van der Waals surface area contributed by atoms with Gasteiger partial charge in [-0.2, -0.15) is 0 Å². The Morgan fingerprint density at radius 3 is 2.74 bits per heavy atom. The van der Waals surface area contributed by atoms with Gasteiger partial charge in [-0.15, -0.1) is 0 Å². The van der Waals surface area contributed by atoms with Crippen molar-refractivity contribution in [2.75, 3.05) is 13.1 Å². The summed E-state index contributed by atoms with van der Waals surface area (Å²) in [5.74, 6) is 1.53. The second-order valence-corrected chi connectivity index (χ2v) is 5.77. The minimum Gasteiger partial charge on any atom is -0.467 e. The van der Waals surface area contributed by atoms with Crippen molar-refractivity contribution in [3.05, 3.63) is 24.2 Å². The summed E-state index contributed by atoms with van der Waals surface area (Å²) in [4.78, 5) is 14.5. The molecule has 1 aliphatic heterocycles. The van der Waals surface area contributed by atoms with E-state index in [0.717, 1.165) is 11.8 Å². The molecule has 4 heteroatoms. The van der Waals surface area contributed by atoms with E-state index in [4.69, 9.17) is 4.42 Å². The molecule has 3 rings (SSSR count). The van der Waals surface area contributed by atoms with Crippen LogP contribution in [0.2, 0.25) is 0 Å². The number of rotatable bonds is 5. The molecular weight excluding hydrogens is 240 g/mol. The lowest BCUT2D eigenvalue weighted by molar-refractivity contribution is -0.122. The largest absolute Gasteiger partial charge is 0.467 e. The molecule has 2 aliphatic rings. The first kappa shape index (κ1) is 12.7. The van der Waals surface area contributed by atoms with E-state index in [2.05, 4.69) is 10.2 Å². The molecule has 2 fully saturated rings. The van der Waals surface area contributed by atoms with E-state index in [9.17, 15) is 4.79 Å². The highest BCUT2D eigenvalue weighted by Crippen LogP contribution is 2.31. The molecule has 0 atom stereocenters. The summed E-state index contributed by atoms with van der Waals surface area (Å²) >= 11 is 0. The summed E-state index contributed by atoms with van der Waals surface area (Å²) in [6.45, 7) is 2.87. The van der Waals surface area contributed by atoms with Gasteiger partial charge in [0.15, 0.2) is 0 Å². The van der Waals surface area contributed by atoms with Gasteiger partial charge in [0.05, 0.1) is 12.8 Å².